The van der Waals surface area contributed by atoms with Crippen LogP contribution in [0.25, 0.3) is 0 Å². The van der Waals surface area contributed by atoms with Gasteiger partial charge in [0.2, 0.25) is 0 Å². The molecule has 4 fully saturated rings. The predicted octanol–water partition coefficient (Wildman–Crippen LogP) is 5.13. The Hall–Kier alpha value is 0.194. The molecular formula is C22H24O2Ti. The fourth-order valence-corrected chi connectivity index (χ4v) is 4.30. The first-order valence-corrected chi connectivity index (χ1v) is 8.85. The van der Waals surface area contributed by atoms with Crippen molar-refractivity contribution in [3.63, 3.8) is 0 Å². The average molecular weight is 368 g/mol. The standard InChI is InChI=1S/C20H24.2CO.Ti/c1-3-7-19-15(5-1)9-11-17(19)13-14-18-12-10-16-6-2-4-8-20(16)18;2*1-2;/h9-12H,1-8,13-14H2;;;. The molecule has 2 nitrogen and oxygen atoms in total. The first kappa shape index (κ1) is 23.2. The monoisotopic (exact) mass is 368 g/mol. The van der Waals surface area contributed by atoms with E-state index in [1.807, 2.05) is 0 Å². The van der Waals surface area contributed by atoms with Crippen molar-refractivity contribution in [3.8, 4) is 0 Å². The quantitative estimate of drug-likeness (QED) is 0.377. The van der Waals surface area contributed by atoms with E-state index in [4.69, 9.17) is 9.30 Å². The summed E-state index contributed by atoms with van der Waals surface area (Å²) in [6, 6.07) is 0. The Bertz CT molecular complexity index is 367. The molecule has 3 heteroatoms. The van der Waals surface area contributed by atoms with Crippen molar-refractivity contribution >= 4 is 0 Å². The van der Waals surface area contributed by atoms with E-state index in [0.29, 0.717) is 0 Å². The van der Waals surface area contributed by atoms with E-state index in [9.17, 15) is 0 Å². The smallest absolute Gasteiger partial charge is 0 e. The van der Waals surface area contributed by atoms with E-state index in [2.05, 4.69) is 39.0 Å². The number of hydrogen-bond acceptors (Lipinski definition) is 0. The molecule has 0 unspecified atom stereocenters. The molecule has 0 aromatic rings. The summed E-state index contributed by atoms with van der Waals surface area (Å²) in [6.45, 7) is 9.00. The van der Waals surface area contributed by atoms with Crippen LogP contribution in [0, 0.1) is 74.5 Å². The van der Waals surface area contributed by atoms with Gasteiger partial charge in [-0.15, -0.1) is 0 Å². The van der Waals surface area contributed by atoms with Gasteiger partial charge in [0.1, 0.15) is 0 Å². The van der Waals surface area contributed by atoms with Crippen molar-refractivity contribution in [2.75, 3.05) is 0 Å². The minimum atomic E-state index is 0. The predicted molar refractivity (Wildman–Crippen MR) is 90.7 cm³/mol. The SMILES string of the molecule is [C-]#[O+].[C-]#[O+].[CH]1[CH][C](CC[C]2[CH][CH][C]3CCCC[C]32)[C]2CCCC[C]12.[Ti]. The van der Waals surface area contributed by atoms with Gasteiger partial charge in [-0.2, -0.15) is 0 Å². The Morgan fingerprint density at radius 3 is 1.36 bits per heavy atom. The second-order valence-corrected chi connectivity index (χ2v) is 6.64. The number of fused-ring (bicyclic) bond motifs is 2. The van der Waals surface area contributed by atoms with Gasteiger partial charge in [0.05, 0.1) is 0 Å². The molecule has 0 amide bonds. The third kappa shape index (κ3) is 5.83. The Morgan fingerprint density at radius 1 is 0.600 bits per heavy atom. The van der Waals surface area contributed by atoms with Crippen molar-refractivity contribution in [1.82, 2.24) is 0 Å². The zero-order valence-electron chi connectivity index (χ0n) is 14.7. The van der Waals surface area contributed by atoms with Gasteiger partial charge in [-0.05, 0) is 99.7 Å². The maximum atomic E-state index is 7.50. The van der Waals surface area contributed by atoms with Crippen molar-refractivity contribution < 1.29 is 31.0 Å². The van der Waals surface area contributed by atoms with Crippen LogP contribution >= 0.6 is 0 Å². The Morgan fingerprint density at radius 2 is 0.960 bits per heavy atom. The third-order valence-corrected chi connectivity index (χ3v) is 5.43. The van der Waals surface area contributed by atoms with Crippen LogP contribution in [0.4, 0.5) is 0 Å². The van der Waals surface area contributed by atoms with Gasteiger partial charge >= 0.3 is 22.6 Å². The summed E-state index contributed by atoms with van der Waals surface area (Å²) in [6.07, 6.45) is 23.0. The summed E-state index contributed by atoms with van der Waals surface area (Å²) in [5, 5.41) is 0. The molecule has 0 spiro atoms. The summed E-state index contributed by atoms with van der Waals surface area (Å²) >= 11 is 0. The Labute approximate surface area is 169 Å². The molecule has 0 N–H and O–H groups in total. The fourth-order valence-electron chi connectivity index (χ4n) is 4.30. The van der Waals surface area contributed by atoms with Crippen LogP contribution in [0.1, 0.15) is 64.2 Å². The van der Waals surface area contributed by atoms with Gasteiger partial charge in [-0.3, -0.25) is 0 Å². The zero-order valence-corrected chi connectivity index (χ0v) is 16.3. The van der Waals surface area contributed by atoms with Gasteiger partial charge < -0.3 is 0 Å². The molecule has 0 aromatic heterocycles. The fraction of sp³-hybridized carbons (Fsp3) is 0.455. The largest absolute Gasteiger partial charge is 0.0527 e. The van der Waals surface area contributed by atoms with E-state index >= 15 is 0 Å². The molecule has 0 atom stereocenters. The average Bonchev–Trinajstić information content (AvgIpc) is 3.27. The third-order valence-electron chi connectivity index (χ3n) is 5.43. The van der Waals surface area contributed by atoms with Crippen LogP contribution in [0.2, 0.25) is 0 Å². The van der Waals surface area contributed by atoms with E-state index in [-0.39, 0.29) is 21.7 Å². The van der Waals surface area contributed by atoms with Crippen LogP contribution in [0.3, 0.4) is 0 Å². The van der Waals surface area contributed by atoms with Gasteiger partial charge in [-0.25, -0.2) is 0 Å². The minimum absolute atomic E-state index is 0. The van der Waals surface area contributed by atoms with Crippen LogP contribution in [-0.2, 0) is 31.0 Å². The van der Waals surface area contributed by atoms with Crippen molar-refractivity contribution in [2.24, 2.45) is 0 Å². The van der Waals surface area contributed by atoms with E-state index in [0.717, 1.165) is 0 Å². The first-order chi connectivity index (χ1) is 11.9. The molecule has 4 saturated carbocycles. The molecule has 0 aromatic carbocycles. The van der Waals surface area contributed by atoms with Crippen LogP contribution in [0.15, 0.2) is 0 Å². The molecule has 10 radical (unpaired) electrons. The Kier molecular flexibility index (Phi) is 11.7. The summed E-state index contributed by atoms with van der Waals surface area (Å²) in [7, 11) is 0. The maximum absolute atomic E-state index is 7.50. The number of hydrogen-bond donors (Lipinski definition) is 0. The van der Waals surface area contributed by atoms with E-state index in [1.54, 1.807) is 35.5 Å². The van der Waals surface area contributed by atoms with Crippen molar-refractivity contribution in [2.45, 2.75) is 64.2 Å². The van der Waals surface area contributed by atoms with Crippen LogP contribution < -0.4 is 0 Å². The molecule has 4 rings (SSSR count). The molecule has 128 valence electrons. The van der Waals surface area contributed by atoms with Gasteiger partial charge in [0, 0.05) is 21.7 Å². The molecule has 4 aliphatic carbocycles. The first-order valence-electron chi connectivity index (χ1n) is 8.85. The zero-order chi connectivity index (χ0) is 17.4. The molecule has 0 saturated heterocycles. The summed E-state index contributed by atoms with van der Waals surface area (Å²) in [4.78, 5) is 0. The van der Waals surface area contributed by atoms with Crippen molar-refractivity contribution in [1.29, 1.82) is 0 Å². The summed E-state index contributed by atoms with van der Waals surface area (Å²) in [5.41, 5.74) is 0. The summed E-state index contributed by atoms with van der Waals surface area (Å²) in [5.74, 6) is 10.00. The second-order valence-electron chi connectivity index (χ2n) is 6.64. The molecule has 0 heterocycles. The van der Waals surface area contributed by atoms with Crippen LogP contribution in [-0.4, -0.2) is 0 Å². The number of rotatable bonds is 3. The van der Waals surface area contributed by atoms with Crippen LogP contribution in [0.5, 0.6) is 0 Å². The Balaban J connectivity index is 0.000000586. The van der Waals surface area contributed by atoms with Crippen molar-refractivity contribution in [3.05, 3.63) is 74.5 Å². The molecule has 4 aliphatic rings. The van der Waals surface area contributed by atoms with Gasteiger partial charge in [0.25, 0.3) is 0 Å². The molecular weight excluding hydrogens is 344 g/mol. The molecule has 0 aliphatic heterocycles. The molecule has 0 bridgehead atoms. The van der Waals surface area contributed by atoms with Gasteiger partial charge in [0.15, 0.2) is 0 Å². The normalized spacial score (nSPS) is 25.6. The second kappa shape index (κ2) is 12.6. The topological polar surface area (TPSA) is 39.8 Å². The van der Waals surface area contributed by atoms with E-state index in [1.165, 1.54) is 64.2 Å². The van der Waals surface area contributed by atoms with E-state index < -0.39 is 0 Å². The van der Waals surface area contributed by atoms with Gasteiger partial charge in [-0.1, -0.05) is 25.7 Å². The molecule has 25 heavy (non-hydrogen) atoms. The summed E-state index contributed by atoms with van der Waals surface area (Å²) < 4.78 is 15.0. The minimum Gasteiger partial charge on any atom is -0.0527 e. The maximum Gasteiger partial charge on any atom is 0 e.